The molecular weight excluding hydrogens is 358 g/mol. The van der Waals surface area contributed by atoms with Gasteiger partial charge in [0.15, 0.2) is 0 Å². The van der Waals surface area contributed by atoms with Gasteiger partial charge in [-0.05, 0) is 27.9 Å². The number of amides is 1. The van der Waals surface area contributed by atoms with Crippen molar-refractivity contribution in [1.82, 2.24) is 14.9 Å². The van der Waals surface area contributed by atoms with E-state index in [0.717, 1.165) is 23.9 Å². The summed E-state index contributed by atoms with van der Waals surface area (Å²) in [5.74, 6) is 0.177. The standard InChI is InChI=1S/C17H18BrN3O2/c18-14-10-19-17(20-11-14)23-15-8-9-21(12-15)16(22)7-6-13-4-2-1-3-5-13/h1-5,10-11,15H,6-9,12H2/t15-/m0/s1. The average Bonchev–Trinajstić information content (AvgIpc) is 3.04. The van der Waals surface area contributed by atoms with E-state index in [-0.39, 0.29) is 12.0 Å². The molecule has 23 heavy (non-hydrogen) atoms. The Bertz CT molecular complexity index is 649. The number of likely N-dealkylation sites (tertiary alicyclic amines) is 1. The molecule has 2 heterocycles. The van der Waals surface area contributed by atoms with Crippen LogP contribution in [0.3, 0.4) is 0 Å². The van der Waals surface area contributed by atoms with Crippen molar-refractivity contribution in [3.05, 3.63) is 52.8 Å². The van der Waals surface area contributed by atoms with Crippen LogP contribution in [0.4, 0.5) is 0 Å². The lowest BCUT2D eigenvalue weighted by Gasteiger charge is -2.16. The van der Waals surface area contributed by atoms with Gasteiger partial charge in [0, 0.05) is 31.8 Å². The minimum absolute atomic E-state index is 0.0307. The maximum atomic E-state index is 12.3. The first-order valence-electron chi connectivity index (χ1n) is 7.66. The van der Waals surface area contributed by atoms with E-state index in [1.807, 2.05) is 35.2 Å². The third kappa shape index (κ3) is 4.51. The first kappa shape index (κ1) is 15.9. The summed E-state index contributed by atoms with van der Waals surface area (Å²) in [7, 11) is 0. The molecule has 0 spiro atoms. The quantitative estimate of drug-likeness (QED) is 0.805. The fourth-order valence-electron chi connectivity index (χ4n) is 2.62. The lowest BCUT2D eigenvalue weighted by atomic mass is 10.1. The number of carbonyl (C=O) groups excluding carboxylic acids is 1. The SMILES string of the molecule is O=C(CCc1ccccc1)N1CC[C@H](Oc2ncc(Br)cn2)C1. The van der Waals surface area contributed by atoms with Crippen molar-refractivity contribution in [2.45, 2.75) is 25.4 Å². The Morgan fingerprint density at radius 1 is 1.26 bits per heavy atom. The van der Waals surface area contributed by atoms with E-state index in [0.29, 0.717) is 19.0 Å². The van der Waals surface area contributed by atoms with Gasteiger partial charge in [-0.25, -0.2) is 9.97 Å². The molecule has 1 aliphatic rings. The van der Waals surface area contributed by atoms with Gasteiger partial charge in [-0.1, -0.05) is 30.3 Å². The van der Waals surface area contributed by atoms with Crippen LogP contribution in [0.2, 0.25) is 0 Å². The fraction of sp³-hybridized carbons (Fsp3) is 0.353. The van der Waals surface area contributed by atoms with Gasteiger partial charge in [-0.2, -0.15) is 0 Å². The van der Waals surface area contributed by atoms with Gasteiger partial charge in [0.05, 0.1) is 11.0 Å². The number of ether oxygens (including phenoxy) is 1. The number of aryl methyl sites for hydroxylation is 1. The predicted octanol–water partition coefficient (Wildman–Crippen LogP) is 2.85. The Morgan fingerprint density at radius 2 is 2.00 bits per heavy atom. The second-order valence-corrected chi connectivity index (χ2v) is 6.45. The van der Waals surface area contributed by atoms with E-state index in [1.165, 1.54) is 5.56 Å². The second kappa shape index (κ2) is 7.55. The zero-order chi connectivity index (χ0) is 16.1. The summed E-state index contributed by atoms with van der Waals surface area (Å²) in [6.07, 6.45) is 5.40. The van der Waals surface area contributed by atoms with Crippen molar-refractivity contribution in [3.8, 4) is 6.01 Å². The van der Waals surface area contributed by atoms with E-state index in [9.17, 15) is 4.79 Å². The molecule has 0 radical (unpaired) electrons. The Kier molecular flexibility index (Phi) is 5.23. The molecule has 3 rings (SSSR count). The van der Waals surface area contributed by atoms with Gasteiger partial charge < -0.3 is 9.64 Å². The maximum Gasteiger partial charge on any atom is 0.316 e. The number of hydrogen-bond acceptors (Lipinski definition) is 4. The molecule has 1 saturated heterocycles. The molecule has 1 aromatic heterocycles. The Balaban J connectivity index is 1.47. The lowest BCUT2D eigenvalue weighted by Crippen LogP contribution is -2.31. The fourth-order valence-corrected chi connectivity index (χ4v) is 2.82. The number of rotatable bonds is 5. The Labute approximate surface area is 143 Å². The molecule has 0 aliphatic carbocycles. The number of benzene rings is 1. The van der Waals surface area contributed by atoms with Crippen molar-refractivity contribution >= 4 is 21.8 Å². The van der Waals surface area contributed by atoms with E-state index >= 15 is 0 Å². The van der Waals surface area contributed by atoms with Crippen molar-refractivity contribution in [1.29, 1.82) is 0 Å². The summed E-state index contributed by atoms with van der Waals surface area (Å²) < 4.78 is 6.55. The third-order valence-corrected chi connectivity index (χ3v) is 4.25. The van der Waals surface area contributed by atoms with E-state index < -0.39 is 0 Å². The third-order valence-electron chi connectivity index (χ3n) is 3.84. The second-order valence-electron chi connectivity index (χ2n) is 5.54. The van der Waals surface area contributed by atoms with Crippen LogP contribution < -0.4 is 4.74 Å². The molecule has 6 heteroatoms. The van der Waals surface area contributed by atoms with Crippen molar-refractivity contribution in [3.63, 3.8) is 0 Å². The van der Waals surface area contributed by atoms with Crippen LogP contribution in [0, 0.1) is 0 Å². The number of hydrogen-bond donors (Lipinski definition) is 0. The highest BCUT2D eigenvalue weighted by Gasteiger charge is 2.27. The van der Waals surface area contributed by atoms with Crippen LogP contribution in [-0.2, 0) is 11.2 Å². The molecule has 1 aliphatic heterocycles. The number of halogens is 1. The van der Waals surface area contributed by atoms with Gasteiger partial charge in [0.1, 0.15) is 6.10 Å². The lowest BCUT2D eigenvalue weighted by molar-refractivity contribution is -0.130. The van der Waals surface area contributed by atoms with E-state index in [2.05, 4.69) is 25.9 Å². The number of carbonyl (C=O) groups is 1. The van der Waals surface area contributed by atoms with Gasteiger partial charge in [-0.15, -0.1) is 0 Å². The highest BCUT2D eigenvalue weighted by atomic mass is 79.9. The molecule has 5 nitrogen and oxygen atoms in total. The van der Waals surface area contributed by atoms with Crippen LogP contribution >= 0.6 is 15.9 Å². The van der Waals surface area contributed by atoms with Crippen LogP contribution in [0.5, 0.6) is 6.01 Å². The van der Waals surface area contributed by atoms with E-state index in [1.54, 1.807) is 12.4 Å². The molecule has 0 unspecified atom stereocenters. The van der Waals surface area contributed by atoms with E-state index in [4.69, 9.17) is 4.74 Å². The first-order chi connectivity index (χ1) is 11.2. The van der Waals surface area contributed by atoms with Gasteiger partial charge in [0.25, 0.3) is 0 Å². The molecule has 1 aromatic carbocycles. The minimum atomic E-state index is -0.0307. The van der Waals surface area contributed by atoms with Crippen LogP contribution in [0.15, 0.2) is 47.2 Å². The highest BCUT2D eigenvalue weighted by molar-refractivity contribution is 9.10. The van der Waals surface area contributed by atoms with Crippen molar-refractivity contribution in [2.75, 3.05) is 13.1 Å². The summed E-state index contributed by atoms with van der Waals surface area (Å²) in [6, 6.07) is 10.4. The molecule has 0 N–H and O–H groups in total. The number of nitrogens with zero attached hydrogens (tertiary/aromatic N) is 3. The molecule has 120 valence electrons. The zero-order valence-corrected chi connectivity index (χ0v) is 14.3. The summed E-state index contributed by atoms with van der Waals surface area (Å²) >= 11 is 3.29. The summed E-state index contributed by atoms with van der Waals surface area (Å²) in [6.45, 7) is 1.34. The van der Waals surface area contributed by atoms with Crippen LogP contribution in [0.1, 0.15) is 18.4 Å². The summed E-state index contributed by atoms with van der Waals surface area (Å²) in [5, 5.41) is 0. The highest BCUT2D eigenvalue weighted by Crippen LogP contribution is 2.17. The predicted molar refractivity (Wildman–Crippen MR) is 90.1 cm³/mol. The normalized spacial score (nSPS) is 17.3. The van der Waals surface area contributed by atoms with Crippen LogP contribution in [0.25, 0.3) is 0 Å². The van der Waals surface area contributed by atoms with Crippen molar-refractivity contribution in [2.24, 2.45) is 0 Å². The monoisotopic (exact) mass is 375 g/mol. The smallest absolute Gasteiger partial charge is 0.316 e. The molecule has 0 saturated carbocycles. The largest absolute Gasteiger partial charge is 0.458 e. The molecule has 1 atom stereocenters. The van der Waals surface area contributed by atoms with Gasteiger partial charge in [0.2, 0.25) is 5.91 Å². The molecule has 0 bridgehead atoms. The molecule has 1 amide bonds. The minimum Gasteiger partial charge on any atom is -0.458 e. The maximum absolute atomic E-state index is 12.3. The molecule has 1 fully saturated rings. The Morgan fingerprint density at radius 3 is 2.74 bits per heavy atom. The summed E-state index contributed by atoms with van der Waals surface area (Å²) in [4.78, 5) is 22.4. The summed E-state index contributed by atoms with van der Waals surface area (Å²) in [5.41, 5.74) is 1.19. The number of aromatic nitrogens is 2. The van der Waals surface area contributed by atoms with Crippen LogP contribution in [-0.4, -0.2) is 40.0 Å². The molecular formula is C17H18BrN3O2. The zero-order valence-electron chi connectivity index (χ0n) is 12.7. The average molecular weight is 376 g/mol. The topological polar surface area (TPSA) is 55.3 Å². The van der Waals surface area contributed by atoms with Gasteiger partial charge in [-0.3, -0.25) is 4.79 Å². The van der Waals surface area contributed by atoms with Gasteiger partial charge >= 0.3 is 6.01 Å². The molecule has 2 aromatic rings. The van der Waals surface area contributed by atoms with Crippen molar-refractivity contribution < 1.29 is 9.53 Å². The Hall–Kier alpha value is -1.95. The first-order valence-corrected chi connectivity index (χ1v) is 8.46.